The molecule has 16 heavy (non-hydrogen) atoms. The molecule has 0 fully saturated rings. The SMILES string of the molecule is Cc1cc(CNCCCCC(N)=NO)on1. The Morgan fingerprint density at radius 1 is 1.62 bits per heavy atom. The first-order valence-corrected chi connectivity index (χ1v) is 5.31. The van der Waals surface area contributed by atoms with Crippen LogP contribution in [0.5, 0.6) is 0 Å². The summed E-state index contributed by atoms with van der Waals surface area (Å²) in [6, 6.07) is 1.91. The van der Waals surface area contributed by atoms with Crippen molar-refractivity contribution in [3.8, 4) is 0 Å². The van der Waals surface area contributed by atoms with Gasteiger partial charge in [0.2, 0.25) is 0 Å². The number of rotatable bonds is 7. The van der Waals surface area contributed by atoms with Gasteiger partial charge in [0.05, 0.1) is 12.2 Å². The van der Waals surface area contributed by atoms with Crippen LogP contribution in [-0.4, -0.2) is 22.7 Å². The number of hydrogen-bond acceptors (Lipinski definition) is 5. The van der Waals surface area contributed by atoms with Gasteiger partial charge in [0.15, 0.2) is 5.76 Å². The van der Waals surface area contributed by atoms with Gasteiger partial charge in [-0.2, -0.15) is 0 Å². The molecule has 0 saturated carbocycles. The Labute approximate surface area is 94.5 Å². The molecule has 0 aliphatic rings. The smallest absolute Gasteiger partial charge is 0.150 e. The van der Waals surface area contributed by atoms with Crippen molar-refractivity contribution in [1.82, 2.24) is 10.5 Å². The van der Waals surface area contributed by atoms with Crippen LogP contribution >= 0.6 is 0 Å². The molecule has 1 rings (SSSR count). The molecular formula is C10H18N4O2. The number of nitrogens with one attached hydrogen (secondary N) is 1. The fraction of sp³-hybridized carbons (Fsp3) is 0.600. The number of nitrogens with zero attached hydrogens (tertiary/aromatic N) is 2. The highest BCUT2D eigenvalue weighted by atomic mass is 16.5. The summed E-state index contributed by atoms with van der Waals surface area (Å²) in [5.41, 5.74) is 6.23. The zero-order valence-corrected chi connectivity index (χ0v) is 9.44. The predicted molar refractivity (Wildman–Crippen MR) is 60.2 cm³/mol. The second-order valence-electron chi connectivity index (χ2n) is 3.66. The van der Waals surface area contributed by atoms with E-state index in [1.54, 1.807) is 0 Å². The van der Waals surface area contributed by atoms with Crippen molar-refractivity contribution < 1.29 is 9.73 Å². The fourth-order valence-corrected chi connectivity index (χ4v) is 1.32. The lowest BCUT2D eigenvalue weighted by Crippen LogP contribution is -2.16. The van der Waals surface area contributed by atoms with Crippen LogP contribution in [0.15, 0.2) is 15.7 Å². The molecule has 0 amide bonds. The quantitative estimate of drug-likeness (QED) is 0.212. The van der Waals surface area contributed by atoms with Crippen molar-refractivity contribution in [2.45, 2.75) is 32.7 Å². The summed E-state index contributed by atoms with van der Waals surface area (Å²) >= 11 is 0. The topological polar surface area (TPSA) is 96.7 Å². The van der Waals surface area contributed by atoms with Crippen molar-refractivity contribution in [3.63, 3.8) is 0 Å². The summed E-state index contributed by atoms with van der Waals surface area (Å²) in [7, 11) is 0. The minimum atomic E-state index is 0.283. The third-order valence-corrected chi connectivity index (χ3v) is 2.14. The number of amidine groups is 1. The molecule has 0 aliphatic heterocycles. The molecule has 0 bridgehead atoms. The van der Waals surface area contributed by atoms with E-state index in [2.05, 4.69) is 15.6 Å². The van der Waals surface area contributed by atoms with Crippen LogP contribution in [0, 0.1) is 6.92 Å². The summed E-state index contributed by atoms with van der Waals surface area (Å²) in [6.07, 6.45) is 2.50. The Hall–Kier alpha value is -1.56. The maximum Gasteiger partial charge on any atom is 0.150 e. The van der Waals surface area contributed by atoms with Crippen molar-refractivity contribution in [1.29, 1.82) is 0 Å². The molecule has 0 aromatic carbocycles. The van der Waals surface area contributed by atoms with Gasteiger partial charge in [-0.25, -0.2) is 0 Å². The number of hydrogen-bond donors (Lipinski definition) is 3. The minimum Gasteiger partial charge on any atom is -0.409 e. The summed E-state index contributed by atoms with van der Waals surface area (Å²) in [5.74, 6) is 1.12. The lowest BCUT2D eigenvalue weighted by atomic mass is 10.2. The van der Waals surface area contributed by atoms with Crippen molar-refractivity contribution >= 4 is 5.84 Å². The first-order chi connectivity index (χ1) is 7.72. The molecule has 6 nitrogen and oxygen atoms in total. The van der Waals surface area contributed by atoms with E-state index < -0.39 is 0 Å². The van der Waals surface area contributed by atoms with E-state index in [0.29, 0.717) is 13.0 Å². The van der Waals surface area contributed by atoms with Gasteiger partial charge in [0.1, 0.15) is 5.84 Å². The van der Waals surface area contributed by atoms with E-state index in [0.717, 1.165) is 30.8 Å². The molecule has 0 unspecified atom stereocenters. The summed E-state index contributed by atoms with van der Waals surface area (Å²) < 4.78 is 5.04. The van der Waals surface area contributed by atoms with Gasteiger partial charge in [0, 0.05) is 12.5 Å². The Morgan fingerprint density at radius 2 is 2.44 bits per heavy atom. The minimum absolute atomic E-state index is 0.283. The van der Waals surface area contributed by atoms with E-state index >= 15 is 0 Å². The molecule has 6 heteroatoms. The third-order valence-electron chi connectivity index (χ3n) is 2.14. The van der Waals surface area contributed by atoms with E-state index in [-0.39, 0.29) is 5.84 Å². The van der Waals surface area contributed by atoms with E-state index in [1.807, 2.05) is 13.0 Å². The average Bonchev–Trinajstić information content (AvgIpc) is 2.69. The van der Waals surface area contributed by atoms with Gasteiger partial charge < -0.3 is 20.8 Å². The normalized spacial score (nSPS) is 11.9. The van der Waals surface area contributed by atoms with Crippen LogP contribution in [0.2, 0.25) is 0 Å². The number of unbranched alkanes of at least 4 members (excludes halogenated alkanes) is 1. The molecule has 4 N–H and O–H groups in total. The number of aryl methyl sites for hydroxylation is 1. The molecule has 1 aromatic heterocycles. The number of aromatic nitrogens is 1. The molecular weight excluding hydrogens is 208 g/mol. The third kappa shape index (κ3) is 4.79. The molecule has 90 valence electrons. The van der Waals surface area contributed by atoms with Crippen LogP contribution in [0.3, 0.4) is 0 Å². The Balaban J connectivity index is 2.00. The van der Waals surface area contributed by atoms with Crippen LogP contribution in [0.25, 0.3) is 0 Å². The van der Waals surface area contributed by atoms with Crippen LogP contribution in [0.1, 0.15) is 30.7 Å². The van der Waals surface area contributed by atoms with Gasteiger partial charge in [-0.15, -0.1) is 0 Å². The van der Waals surface area contributed by atoms with Crippen molar-refractivity contribution in [3.05, 3.63) is 17.5 Å². The van der Waals surface area contributed by atoms with Gasteiger partial charge in [-0.1, -0.05) is 10.3 Å². The molecule has 0 radical (unpaired) electrons. The highest BCUT2D eigenvalue weighted by Gasteiger charge is 1.99. The highest BCUT2D eigenvalue weighted by molar-refractivity contribution is 5.79. The standard InChI is InChI=1S/C10H18N4O2/c1-8-6-9(16-14-8)7-12-5-3-2-4-10(11)13-15/h6,12,15H,2-5,7H2,1H3,(H2,11,13). The lowest BCUT2D eigenvalue weighted by molar-refractivity contribution is 0.316. The van der Waals surface area contributed by atoms with Crippen LogP contribution < -0.4 is 11.1 Å². The lowest BCUT2D eigenvalue weighted by Gasteiger charge is -2.01. The van der Waals surface area contributed by atoms with E-state index in [9.17, 15) is 0 Å². The predicted octanol–water partition coefficient (Wildman–Crippen LogP) is 0.989. The van der Waals surface area contributed by atoms with Gasteiger partial charge in [0.25, 0.3) is 0 Å². The van der Waals surface area contributed by atoms with Gasteiger partial charge in [-0.05, 0) is 26.3 Å². The second-order valence-corrected chi connectivity index (χ2v) is 3.66. The monoisotopic (exact) mass is 226 g/mol. The number of oxime groups is 1. The van der Waals surface area contributed by atoms with Crippen molar-refractivity contribution in [2.24, 2.45) is 10.9 Å². The van der Waals surface area contributed by atoms with Crippen LogP contribution in [-0.2, 0) is 6.54 Å². The zero-order valence-electron chi connectivity index (χ0n) is 9.44. The molecule has 1 heterocycles. The average molecular weight is 226 g/mol. The molecule has 0 saturated heterocycles. The maximum atomic E-state index is 8.32. The first kappa shape index (κ1) is 12.5. The summed E-state index contributed by atoms with van der Waals surface area (Å²) in [5, 5.41) is 18.2. The Bertz CT molecular complexity index is 335. The largest absolute Gasteiger partial charge is 0.409 e. The zero-order chi connectivity index (χ0) is 11.8. The van der Waals surface area contributed by atoms with Gasteiger partial charge >= 0.3 is 0 Å². The second kappa shape index (κ2) is 6.84. The van der Waals surface area contributed by atoms with Gasteiger partial charge in [-0.3, -0.25) is 0 Å². The Morgan fingerprint density at radius 3 is 3.06 bits per heavy atom. The first-order valence-electron chi connectivity index (χ1n) is 5.31. The van der Waals surface area contributed by atoms with Crippen LogP contribution in [0.4, 0.5) is 0 Å². The maximum absolute atomic E-state index is 8.32. The van der Waals surface area contributed by atoms with E-state index in [4.69, 9.17) is 15.5 Å². The molecule has 1 aromatic rings. The molecule has 0 aliphatic carbocycles. The molecule has 0 atom stereocenters. The molecule has 0 spiro atoms. The number of nitrogens with two attached hydrogens (primary N) is 1. The fourth-order valence-electron chi connectivity index (χ4n) is 1.32. The summed E-state index contributed by atoms with van der Waals surface area (Å²) in [6.45, 7) is 3.45. The highest BCUT2D eigenvalue weighted by Crippen LogP contribution is 2.01. The summed E-state index contributed by atoms with van der Waals surface area (Å²) in [4.78, 5) is 0. The van der Waals surface area contributed by atoms with E-state index in [1.165, 1.54) is 0 Å². The Kier molecular flexibility index (Phi) is 5.35. The van der Waals surface area contributed by atoms with Crippen molar-refractivity contribution in [2.75, 3.05) is 6.54 Å².